The van der Waals surface area contributed by atoms with Crippen molar-refractivity contribution in [3.05, 3.63) is 70.7 Å². The fourth-order valence-corrected chi connectivity index (χ4v) is 5.01. The quantitative estimate of drug-likeness (QED) is 0.358. The van der Waals surface area contributed by atoms with Gasteiger partial charge in [-0.25, -0.2) is 9.18 Å². The summed E-state index contributed by atoms with van der Waals surface area (Å²) in [5.74, 6) is -0.703. The molecule has 1 aliphatic heterocycles. The fraction of sp³-hybridized carbons (Fsp3) is 0.310. The van der Waals surface area contributed by atoms with E-state index in [2.05, 4.69) is 0 Å². The molecule has 0 aliphatic carbocycles. The van der Waals surface area contributed by atoms with Crippen molar-refractivity contribution in [3.63, 3.8) is 0 Å². The second kappa shape index (κ2) is 8.31. The van der Waals surface area contributed by atoms with Crippen LogP contribution in [0.2, 0.25) is 0 Å². The number of pyridine rings is 1. The molecule has 1 aliphatic rings. The second-order valence-corrected chi connectivity index (χ2v) is 10.2. The number of aromatic nitrogens is 1. The van der Waals surface area contributed by atoms with Crippen LogP contribution in [0.3, 0.4) is 0 Å². The van der Waals surface area contributed by atoms with Gasteiger partial charge in [-0.15, -0.1) is 0 Å². The summed E-state index contributed by atoms with van der Waals surface area (Å²) in [4.78, 5) is 17.3. The number of ether oxygens (including phenoxy) is 2. The van der Waals surface area contributed by atoms with Crippen LogP contribution in [0.25, 0.3) is 32.8 Å². The highest BCUT2D eigenvalue weighted by Crippen LogP contribution is 2.45. The number of hydrogen-bond donors (Lipinski definition) is 1. The van der Waals surface area contributed by atoms with Gasteiger partial charge in [0.2, 0.25) is 0 Å². The lowest BCUT2D eigenvalue weighted by atomic mass is 9.85. The number of carboxylic acids is 1. The molecule has 35 heavy (non-hydrogen) atoms. The van der Waals surface area contributed by atoms with Crippen LogP contribution >= 0.6 is 0 Å². The highest BCUT2D eigenvalue weighted by atomic mass is 19.1. The van der Waals surface area contributed by atoms with Gasteiger partial charge < -0.3 is 14.6 Å². The molecule has 0 radical (unpaired) electrons. The number of fused-ring (bicyclic) bond motifs is 1. The van der Waals surface area contributed by atoms with Gasteiger partial charge in [-0.05, 0) is 98.0 Å². The first-order chi connectivity index (χ1) is 16.5. The van der Waals surface area contributed by atoms with E-state index in [0.29, 0.717) is 34.2 Å². The van der Waals surface area contributed by atoms with E-state index in [9.17, 15) is 14.3 Å². The molecular weight excluding hydrogens is 445 g/mol. The molecular formula is C29H28FNO4. The Balaban J connectivity index is 1.94. The number of aliphatic carboxylic acids is 1. The smallest absolute Gasteiger partial charge is 0.337 e. The molecule has 3 aromatic carbocycles. The zero-order chi connectivity index (χ0) is 25.1. The molecule has 0 saturated heterocycles. The summed E-state index contributed by atoms with van der Waals surface area (Å²) >= 11 is 0. The molecule has 180 valence electrons. The number of carbonyl (C=O) groups is 1. The monoisotopic (exact) mass is 473 g/mol. The molecule has 5 rings (SSSR count). The maximum Gasteiger partial charge on any atom is 0.337 e. The summed E-state index contributed by atoms with van der Waals surface area (Å²) in [6.07, 6.45) is 1.27. The van der Waals surface area contributed by atoms with Gasteiger partial charge in [-0.3, -0.25) is 4.98 Å². The molecule has 0 spiro atoms. The van der Waals surface area contributed by atoms with Crippen molar-refractivity contribution >= 4 is 27.6 Å². The van der Waals surface area contributed by atoms with Crippen molar-refractivity contribution in [1.29, 1.82) is 0 Å². The topological polar surface area (TPSA) is 68.7 Å². The molecule has 6 heteroatoms. The van der Waals surface area contributed by atoms with Gasteiger partial charge in [0.1, 0.15) is 11.6 Å². The van der Waals surface area contributed by atoms with E-state index in [0.717, 1.165) is 39.6 Å². The molecule has 0 amide bonds. The lowest BCUT2D eigenvalue weighted by molar-refractivity contribution is -0.160. The number of hydrogen-bond acceptors (Lipinski definition) is 4. The number of carboxylic acid groups (broad SMARTS) is 1. The third-order valence-electron chi connectivity index (χ3n) is 6.46. The highest BCUT2D eigenvalue weighted by Gasteiger charge is 2.32. The second-order valence-electron chi connectivity index (χ2n) is 10.2. The Morgan fingerprint density at radius 3 is 2.60 bits per heavy atom. The Morgan fingerprint density at radius 2 is 1.89 bits per heavy atom. The molecule has 0 bridgehead atoms. The summed E-state index contributed by atoms with van der Waals surface area (Å²) in [5.41, 5.74) is 4.25. The van der Waals surface area contributed by atoms with Crippen molar-refractivity contribution in [1.82, 2.24) is 4.98 Å². The van der Waals surface area contributed by atoms with E-state index in [-0.39, 0.29) is 5.82 Å². The van der Waals surface area contributed by atoms with Crippen LogP contribution in [0.1, 0.15) is 49.1 Å². The predicted molar refractivity (Wildman–Crippen MR) is 135 cm³/mol. The van der Waals surface area contributed by atoms with E-state index in [4.69, 9.17) is 14.5 Å². The van der Waals surface area contributed by atoms with Gasteiger partial charge in [-0.1, -0.05) is 6.07 Å². The molecule has 5 nitrogen and oxygen atoms in total. The fourth-order valence-electron chi connectivity index (χ4n) is 5.01. The van der Waals surface area contributed by atoms with Gasteiger partial charge in [-0.2, -0.15) is 0 Å². The van der Waals surface area contributed by atoms with Crippen LogP contribution in [0, 0.1) is 19.7 Å². The number of rotatable bonds is 4. The first-order valence-corrected chi connectivity index (χ1v) is 11.7. The summed E-state index contributed by atoms with van der Waals surface area (Å²) in [6.45, 7) is 9.66. The van der Waals surface area contributed by atoms with Crippen molar-refractivity contribution in [2.24, 2.45) is 0 Å². The van der Waals surface area contributed by atoms with Crippen LogP contribution in [-0.4, -0.2) is 28.3 Å². The Kier molecular flexibility index (Phi) is 5.52. The van der Waals surface area contributed by atoms with Gasteiger partial charge in [0.25, 0.3) is 0 Å². The lowest BCUT2D eigenvalue weighted by Gasteiger charge is -2.29. The summed E-state index contributed by atoms with van der Waals surface area (Å²) in [6, 6.07) is 11.0. The van der Waals surface area contributed by atoms with E-state index < -0.39 is 17.7 Å². The molecule has 1 aromatic heterocycles. The lowest BCUT2D eigenvalue weighted by Crippen LogP contribution is -2.28. The minimum atomic E-state index is -1.25. The minimum absolute atomic E-state index is 0.351. The van der Waals surface area contributed by atoms with E-state index in [1.807, 2.05) is 52.0 Å². The van der Waals surface area contributed by atoms with Gasteiger partial charge in [0, 0.05) is 29.1 Å². The molecule has 0 fully saturated rings. The number of nitrogens with zero attached hydrogens (tertiary/aromatic N) is 1. The molecule has 4 aromatic rings. The summed E-state index contributed by atoms with van der Waals surface area (Å²) in [5, 5.41) is 12.6. The van der Waals surface area contributed by atoms with Gasteiger partial charge >= 0.3 is 5.97 Å². The predicted octanol–water partition coefficient (Wildman–Crippen LogP) is 6.69. The Morgan fingerprint density at radius 1 is 1.14 bits per heavy atom. The van der Waals surface area contributed by atoms with E-state index in [1.54, 1.807) is 19.2 Å². The normalized spacial score (nSPS) is 14.2. The largest absolute Gasteiger partial charge is 0.493 e. The number of aryl methyl sites for hydroxylation is 2. The molecule has 0 saturated carbocycles. The van der Waals surface area contributed by atoms with E-state index in [1.165, 1.54) is 6.07 Å². The third kappa shape index (κ3) is 4.02. The zero-order valence-corrected chi connectivity index (χ0v) is 20.5. The van der Waals surface area contributed by atoms with Crippen LogP contribution < -0.4 is 4.74 Å². The average Bonchev–Trinajstić information content (AvgIpc) is 2.78. The first kappa shape index (κ1) is 23.2. The van der Waals surface area contributed by atoms with Crippen LogP contribution in [0.15, 0.2) is 42.6 Å². The van der Waals surface area contributed by atoms with E-state index >= 15 is 0 Å². The zero-order valence-electron chi connectivity index (χ0n) is 20.5. The Labute approximate surface area is 203 Å². The molecule has 1 N–H and O–H groups in total. The molecule has 1 atom stereocenters. The van der Waals surface area contributed by atoms with Crippen LogP contribution in [0.4, 0.5) is 4.39 Å². The highest BCUT2D eigenvalue weighted by molar-refractivity contribution is 6.09. The Hall–Kier alpha value is -3.51. The average molecular weight is 474 g/mol. The van der Waals surface area contributed by atoms with Crippen LogP contribution in [0.5, 0.6) is 5.75 Å². The maximum atomic E-state index is 14.9. The van der Waals surface area contributed by atoms with Crippen molar-refractivity contribution in [3.8, 4) is 16.9 Å². The number of halogens is 1. The number of benzene rings is 3. The molecule has 0 unspecified atom stereocenters. The Bertz CT molecular complexity index is 1490. The van der Waals surface area contributed by atoms with Crippen molar-refractivity contribution in [2.75, 3.05) is 6.61 Å². The molecule has 2 heterocycles. The minimum Gasteiger partial charge on any atom is -0.493 e. The summed E-state index contributed by atoms with van der Waals surface area (Å²) < 4.78 is 26.9. The van der Waals surface area contributed by atoms with Crippen molar-refractivity contribution in [2.45, 2.75) is 52.7 Å². The SMILES string of the molecule is Cc1cc2cc(C)c([C@H](OC(C)(C)C)C(=O)O)c(-c3ccc4c5c(ccnc35)CCO4)c2cc1F. The third-order valence-corrected chi connectivity index (χ3v) is 6.46. The van der Waals surface area contributed by atoms with Gasteiger partial charge in [0.05, 0.1) is 17.7 Å². The van der Waals surface area contributed by atoms with Crippen LogP contribution in [-0.2, 0) is 16.0 Å². The standard InChI is InChI=1S/C29H28FNO4/c1-15-12-18-13-16(2)23(27(28(32)33)35-29(3,4)5)25(20(18)14-21(15)30)19-6-7-22-24-17(9-11-34-22)8-10-31-26(19)24/h6-8,10,12-14,27H,9,11H2,1-5H3,(H,32,33)/t27-/m0/s1. The van der Waals surface area contributed by atoms with Gasteiger partial charge in [0.15, 0.2) is 6.10 Å². The summed E-state index contributed by atoms with van der Waals surface area (Å²) in [7, 11) is 0. The maximum absolute atomic E-state index is 14.9. The van der Waals surface area contributed by atoms with Crippen molar-refractivity contribution < 1.29 is 23.8 Å². The first-order valence-electron chi connectivity index (χ1n) is 11.7.